The van der Waals surface area contributed by atoms with Gasteiger partial charge < -0.3 is 0 Å². The molecule has 0 unspecified atom stereocenters. The van der Waals surface area contributed by atoms with Gasteiger partial charge in [-0.15, -0.1) is 5.10 Å². The maximum absolute atomic E-state index is 13.1. The van der Waals surface area contributed by atoms with Crippen LogP contribution in [0.2, 0.25) is 0 Å². The number of anilines is 1. The van der Waals surface area contributed by atoms with Crippen LogP contribution in [-0.4, -0.2) is 24.4 Å². The van der Waals surface area contributed by atoms with Crippen LogP contribution in [0.4, 0.5) is 10.2 Å². The van der Waals surface area contributed by atoms with Crippen molar-refractivity contribution in [2.45, 2.75) is 32.6 Å². The van der Waals surface area contributed by atoms with Gasteiger partial charge in [-0.05, 0) is 36.2 Å². The Labute approximate surface area is 136 Å². The maximum atomic E-state index is 13.1. The number of aryl methyl sites for hydroxylation is 1. The van der Waals surface area contributed by atoms with Gasteiger partial charge in [-0.3, -0.25) is 4.72 Å². The molecule has 0 atom stereocenters. The monoisotopic (exact) mass is 337 g/mol. The molecule has 0 amide bonds. The van der Waals surface area contributed by atoms with Gasteiger partial charge in [0.25, 0.3) is 0 Å². The number of rotatable bonds is 5. The molecule has 0 bridgehead atoms. The summed E-state index contributed by atoms with van der Waals surface area (Å²) >= 11 is 0. The van der Waals surface area contributed by atoms with Gasteiger partial charge in [0.05, 0.1) is 11.4 Å². The van der Waals surface area contributed by atoms with Crippen LogP contribution in [0, 0.1) is 5.82 Å². The van der Waals surface area contributed by atoms with Gasteiger partial charge in [0, 0.05) is 5.41 Å². The van der Waals surface area contributed by atoms with E-state index < -0.39 is 10.0 Å². The Morgan fingerprint density at radius 3 is 2.43 bits per heavy atom. The smallest absolute Gasteiger partial charge is 0.234 e. The molecule has 5 nitrogen and oxygen atoms in total. The van der Waals surface area contributed by atoms with Gasteiger partial charge in [0.1, 0.15) is 5.82 Å². The van der Waals surface area contributed by atoms with Crippen LogP contribution < -0.4 is 4.72 Å². The number of aromatic nitrogens is 2. The highest BCUT2D eigenvalue weighted by atomic mass is 32.2. The van der Waals surface area contributed by atoms with E-state index in [9.17, 15) is 12.8 Å². The number of benzene rings is 1. The number of sulfonamides is 1. The Hall–Kier alpha value is -2.02. The van der Waals surface area contributed by atoms with Gasteiger partial charge >= 0.3 is 0 Å². The van der Waals surface area contributed by atoms with Crippen LogP contribution in [0.15, 0.2) is 36.4 Å². The summed E-state index contributed by atoms with van der Waals surface area (Å²) < 4.78 is 39.6. The molecule has 0 saturated heterocycles. The van der Waals surface area contributed by atoms with Gasteiger partial charge in [-0.25, -0.2) is 12.8 Å². The number of halogens is 1. The molecule has 1 heterocycles. The van der Waals surface area contributed by atoms with E-state index in [-0.39, 0.29) is 29.2 Å². The molecule has 1 aromatic carbocycles. The molecule has 23 heavy (non-hydrogen) atoms. The molecule has 0 spiro atoms. The summed E-state index contributed by atoms with van der Waals surface area (Å²) in [6, 6.07) is 9.23. The third-order valence-corrected chi connectivity index (χ3v) is 4.50. The second-order valence-corrected chi connectivity index (χ2v) is 8.20. The fourth-order valence-corrected chi connectivity index (χ4v) is 2.98. The summed E-state index contributed by atoms with van der Waals surface area (Å²) in [4.78, 5) is 0. The van der Waals surface area contributed by atoms with Crippen molar-refractivity contribution in [1.29, 1.82) is 0 Å². The molecule has 2 aromatic rings. The van der Waals surface area contributed by atoms with Gasteiger partial charge in [-0.1, -0.05) is 32.9 Å². The molecule has 1 aromatic heterocycles. The highest BCUT2D eigenvalue weighted by Crippen LogP contribution is 2.19. The van der Waals surface area contributed by atoms with Crippen LogP contribution in [0.5, 0.6) is 0 Å². The topological polar surface area (TPSA) is 72.0 Å². The van der Waals surface area contributed by atoms with E-state index in [0.717, 1.165) is 5.69 Å². The molecule has 0 aliphatic heterocycles. The zero-order valence-electron chi connectivity index (χ0n) is 13.4. The summed E-state index contributed by atoms with van der Waals surface area (Å²) in [6.45, 7) is 6.00. The lowest BCUT2D eigenvalue weighted by Crippen LogP contribution is -2.20. The second kappa shape index (κ2) is 6.62. The molecule has 0 fully saturated rings. The van der Waals surface area contributed by atoms with E-state index >= 15 is 0 Å². The number of hydrogen-bond donors (Lipinski definition) is 1. The maximum Gasteiger partial charge on any atom is 0.234 e. The van der Waals surface area contributed by atoms with Crippen molar-refractivity contribution in [1.82, 2.24) is 10.2 Å². The molecule has 7 heteroatoms. The molecule has 0 radical (unpaired) electrons. The summed E-state index contributed by atoms with van der Waals surface area (Å²) in [5.41, 5.74) is 1.26. The van der Waals surface area contributed by atoms with Crippen molar-refractivity contribution in [2.24, 2.45) is 0 Å². The Morgan fingerprint density at radius 2 is 1.87 bits per heavy atom. The minimum absolute atomic E-state index is 0.151. The summed E-state index contributed by atoms with van der Waals surface area (Å²) in [5.74, 6) is -0.354. The lowest BCUT2D eigenvalue weighted by Gasteiger charge is -2.16. The third kappa shape index (κ3) is 5.28. The van der Waals surface area contributed by atoms with Crippen molar-refractivity contribution >= 4 is 15.8 Å². The molecule has 0 saturated carbocycles. The van der Waals surface area contributed by atoms with Crippen molar-refractivity contribution < 1.29 is 12.8 Å². The first-order chi connectivity index (χ1) is 10.7. The lowest BCUT2D eigenvalue weighted by molar-refractivity contribution is 0.559. The first kappa shape index (κ1) is 17.3. The quantitative estimate of drug-likeness (QED) is 0.910. The van der Waals surface area contributed by atoms with E-state index in [1.54, 1.807) is 24.3 Å². The molecular weight excluding hydrogens is 317 g/mol. The Morgan fingerprint density at radius 1 is 1.13 bits per heavy atom. The SMILES string of the molecule is CC(C)(C)c1ccc(NS(=O)(=O)CCc2cccc(F)c2)nn1. The van der Waals surface area contributed by atoms with Crippen molar-refractivity contribution in [3.8, 4) is 0 Å². The summed E-state index contributed by atoms with van der Waals surface area (Å²) in [6.07, 6.45) is 0.223. The summed E-state index contributed by atoms with van der Waals surface area (Å²) in [7, 11) is -3.57. The van der Waals surface area contributed by atoms with Crippen molar-refractivity contribution in [2.75, 3.05) is 10.5 Å². The predicted molar refractivity (Wildman–Crippen MR) is 88.2 cm³/mol. The zero-order chi connectivity index (χ0) is 17.1. The van der Waals surface area contributed by atoms with Crippen molar-refractivity contribution in [3.05, 3.63) is 53.5 Å². The highest BCUT2D eigenvalue weighted by molar-refractivity contribution is 7.92. The molecule has 0 aliphatic carbocycles. The molecule has 1 N–H and O–H groups in total. The summed E-state index contributed by atoms with van der Waals surface area (Å²) in [5, 5.41) is 7.94. The van der Waals surface area contributed by atoms with E-state index in [2.05, 4.69) is 14.9 Å². The fraction of sp³-hybridized carbons (Fsp3) is 0.375. The second-order valence-electron chi connectivity index (χ2n) is 6.35. The Balaban J connectivity index is 2.01. The molecular formula is C16H20FN3O2S. The van der Waals surface area contributed by atoms with Gasteiger partial charge in [0.2, 0.25) is 10.0 Å². The minimum Gasteiger partial charge on any atom is -0.266 e. The van der Waals surface area contributed by atoms with E-state index in [1.165, 1.54) is 12.1 Å². The average molecular weight is 337 g/mol. The number of nitrogens with one attached hydrogen (secondary N) is 1. The Bertz CT molecular complexity index is 769. The van der Waals surface area contributed by atoms with Crippen molar-refractivity contribution in [3.63, 3.8) is 0 Å². The van der Waals surface area contributed by atoms with E-state index in [4.69, 9.17) is 0 Å². The third-order valence-electron chi connectivity index (χ3n) is 3.24. The molecule has 0 aliphatic rings. The molecule has 2 rings (SSSR count). The minimum atomic E-state index is -3.57. The van der Waals surface area contributed by atoms with Crippen LogP contribution in [0.1, 0.15) is 32.0 Å². The average Bonchev–Trinajstić information content (AvgIpc) is 2.45. The van der Waals surface area contributed by atoms with E-state index in [1.807, 2.05) is 20.8 Å². The lowest BCUT2D eigenvalue weighted by atomic mass is 9.92. The number of nitrogens with zero attached hydrogens (tertiary/aromatic N) is 2. The Kier molecular flexibility index (Phi) is 4.99. The van der Waals surface area contributed by atoms with Crippen LogP contribution in [-0.2, 0) is 21.9 Å². The molecule has 124 valence electrons. The van der Waals surface area contributed by atoms with Gasteiger partial charge in [-0.2, -0.15) is 5.10 Å². The fourth-order valence-electron chi connectivity index (χ4n) is 1.94. The normalized spacial score (nSPS) is 12.2. The highest BCUT2D eigenvalue weighted by Gasteiger charge is 2.17. The zero-order valence-corrected chi connectivity index (χ0v) is 14.2. The van der Waals surface area contributed by atoms with Crippen LogP contribution in [0.3, 0.4) is 0 Å². The van der Waals surface area contributed by atoms with Gasteiger partial charge in [0.15, 0.2) is 5.82 Å². The standard InChI is InChI=1S/C16H20FN3O2S/c1-16(2,3)14-7-8-15(19-18-14)20-23(21,22)10-9-12-5-4-6-13(17)11-12/h4-8,11H,9-10H2,1-3H3,(H,19,20). The first-order valence-corrected chi connectivity index (χ1v) is 8.90. The van der Waals surface area contributed by atoms with Crippen LogP contribution in [0.25, 0.3) is 0 Å². The first-order valence-electron chi connectivity index (χ1n) is 7.25. The predicted octanol–water partition coefficient (Wildman–Crippen LogP) is 2.90. The largest absolute Gasteiger partial charge is 0.266 e. The van der Waals surface area contributed by atoms with Crippen LogP contribution >= 0.6 is 0 Å². The van der Waals surface area contributed by atoms with E-state index in [0.29, 0.717) is 5.56 Å². The number of hydrogen-bond acceptors (Lipinski definition) is 4.